The van der Waals surface area contributed by atoms with Crippen molar-refractivity contribution in [2.24, 2.45) is 0 Å². The van der Waals surface area contributed by atoms with Gasteiger partial charge >= 0.3 is 0 Å². The van der Waals surface area contributed by atoms with Crippen molar-refractivity contribution in [3.8, 4) is 0 Å². The summed E-state index contributed by atoms with van der Waals surface area (Å²) in [4.78, 5) is 25.5. The number of hydrogen-bond donors (Lipinski definition) is 1. The Labute approximate surface area is 113 Å². The third kappa shape index (κ3) is 3.34. The lowest BCUT2D eigenvalue weighted by molar-refractivity contribution is -0.126. The monoisotopic (exact) mass is 260 g/mol. The zero-order chi connectivity index (χ0) is 13.8. The van der Waals surface area contributed by atoms with Crippen LogP contribution in [0.3, 0.4) is 0 Å². The minimum atomic E-state index is -0.388. The van der Waals surface area contributed by atoms with E-state index in [0.717, 1.165) is 30.5 Å². The highest BCUT2D eigenvalue weighted by atomic mass is 16.2. The third-order valence-corrected chi connectivity index (χ3v) is 3.53. The summed E-state index contributed by atoms with van der Waals surface area (Å²) in [6.07, 6.45) is 3.03. The molecule has 1 aromatic rings. The summed E-state index contributed by atoms with van der Waals surface area (Å²) >= 11 is 0. The van der Waals surface area contributed by atoms with Crippen molar-refractivity contribution in [1.29, 1.82) is 0 Å². The molecule has 0 spiro atoms. The molecule has 1 heterocycles. The van der Waals surface area contributed by atoms with Gasteiger partial charge in [-0.2, -0.15) is 0 Å². The Morgan fingerprint density at radius 1 is 1.26 bits per heavy atom. The van der Waals surface area contributed by atoms with E-state index in [0.29, 0.717) is 6.42 Å². The molecule has 0 aromatic heterocycles. The average molecular weight is 260 g/mol. The van der Waals surface area contributed by atoms with Gasteiger partial charge in [-0.05, 0) is 31.9 Å². The second-order valence-corrected chi connectivity index (χ2v) is 5.10. The number of nitrogens with zero attached hydrogens (tertiary/aromatic N) is 1. The van der Waals surface area contributed by atoms with Crippen LogP contribution in [-0.2, 0) is 9.59 Å². The van der Waals surface area contributed by atoms with Crippen LogP contribution in [0.5, 0.6) is 0 Å². The maximum atomic E-state index is 12.4. The molecule has 102 valence electrons. The first kappa shape index (κ1) is 13.6. The molecule has 1 fully saturated rings. The van der Waals surface area contributed by atoms with Crippen molar-refractivity contribution in [3.05, 3.63) is 29.8 Å². The van der Waals surface area contributed by atoms with Gasteiger partial charge in [-0.1, -0.05) is 24.1 Å². The van der Waals surface area contributed by atoms with Crippen molar-refractivity contribution in [1.82, 2.24) is 5.32 Å². The maximum absolute atomic E-state index is 12.4. The molecule has 2 amide bonds. The molecular formula is C15H20N2O2. The van der Waals surface area contributed by atoms with Crippen LogP contribution >= 0.6 is 0 Å². The molecule has 0 bridgehead atoms. The predicted octanol–water partition coefficient (Wildman–Crippen LogP) is 2.02. The van der Waals surface area contributed by atoms with Gasteiger partial charge in [0.1, 0.15) is 6.04 Å². The summed E-state index contributed by atoms with van der Waals surface area (Å²) in [6.45, 7) is 2.01. The van der Waals surface area contributed by atoms with Gasteiger partial charge in [-0.3, -0.25) is 9.59 Å². The number of nitrogens with one attached hydrogen (secondary N) is 1. The number of carbonyl (C=O) groups is 2. The van der Waals surface area contributed by atoms with Crippen LogP contribution in [0.1, 0.15) is 31.2 Å². The van der Waals surface area contributed by atoms with Gasteiger partial charge in [-0.25, -0.2) is 0 Å². The Kier molecular flexibility index (Phi) is 4.20. The molecule has 1 atom stereocenters. The summed E-state index contributed by atoms with van der Waals surface area (Å²) in [6, 6.07) is 7.41. The molecule has 1 N–H and O–H groups in total. The molecule has 1 aliphatic rings. The van der Waals surface area contributed by atoms with E-state index in [1.54, 1.807) is 11.9 Å². The predicted molar refractivity (Wildman–Crippen MR) is 75.0 cm³/mol. The Morgan fingerprint density at radius 3 is 2.63 bits per heavy atom. The van der Waals surface area contributed by atoms with Crippen molar-refractivity contribution >= 4 is 17.5 Å². The lowest BCUT2D eigenvalue weighted by Crippen LogP contribution is -2.46. The fraction of sp³-hybridized carbons (Fsp3) is 0.467. The van der Waals surface area contributed by atoms with Crippen molar-refractivity contribution in [2.45, 2.75) is 38.6 Å². The molecule has 0 saturated carbocycles. The van der Waals surface area contributed by atoms with Crippen LogP contribution in [0, 0.1) is 6.92 Å². The minimum Gasteiger partial charge on any atom is -0.344 e. The Hall–Kier alpha value is -1.84. The first-order valence-corrected chi connectivity index (χ1v) is 6.71. The topological polar surface area (TPSA) is 49.4 Å². The van der Waals surface area contributed by atoms with Gasteiger partial charge < -0.3 is 10.2 Å². The lowest BCUT2D eigenvalue weighted by atomic mass is 10.1. The van der Waals surface area contributed by atoms with Crippen LogP contribution in [0.25, 0.3) is 0 Å². The van der Waals surface area contributed by atoms with Crippen molar-refractivity contribution < 1.29 is 9.59 Å². The van der Waals surface area contributed by atoms with Gasteiger partial charge in [0.25, 0.3) is 0 Å². The van der Waals surface area contributed by atoms with Gasteiger partial charge in [0.2, 0.25) is 11.8 Å². The molecule has 0 aliphatic carbocycles. The van der Waals surface area contributed by atoms with Crippen LogP contribution in [0.15, 0.2) is 24.3 Å². The SMILES string of the molecule is Cc1ccc(N(C)C(=O)[C@@H]2CCCCC(=O)N2)cc1. The number of likely N-dealkylation sites (N-methyl/N-ethyl adjacent to an activating group) is 1. The number of rotatable bonds is 2. The summed E-state index contributed by atoms with van der Waals surface area (Å²) < 4.78 is 0. The smallest absolute Gasteiger partial charge is 0.249 e. The second-order valence-electron chi connectivity index (χ2n) is 5.10. The third-order valence-electron chi connectivity index (χ3n) is 3.53. The maximum Gasteiger partial charge on any atom is 0.249 e. The van der Waals surface area contributed by atoms with E-state index < -0.39 is 0 Å². The van der Waals surface area contributed by atoms with Crippen LogP contribution in [-0.4, -0.2) is 24.9 Å². The zero-order valence-corrected chi connectivity index (χ0v) is 11.5. The number of benzene rings is 1. The highest BCUT2D eigenvalue weighted by Crippen LogP contribution is 2.17. The first-order valence-electron chi connectivity index (χ1n) is 6.71. The molecule has 0 radical (unpaired) electrons. The molecule has 1 saturated heterocycles. The summed E-state index contributed by atoms with van der Waals surface area (Å²) in [5, 5.41) is 2.81. The van der Waals surface area contributed by atoms with Gasteiger partial charge in [-0.15, -0.1) is 0 Å². The fourth-order valence-electron chi connectivity index (χ4n) is 2.29. The summed E-state index contributed by atoms with van der Waals surface area (Å²) in [5.41, 5.74) is 2.02. The number of aryl methyl sites for hydroxylation is 1. The standard InChI is InChI=1S/C15H20N2O2/c1-11-7-9-12(10-8-11)17(2)15(19)13-5-3-4-6-14(18)16-13/h7-10,13H,3-6H2,1-2H3,(H,16,18)/t13-/m0/s1. The van der Waals surface area contributed by atoms with Gasteiger partial charge in [0.05, 0.1) is 0 Å². The van der Waals surface area contributed by atoms with E-state index in [-0.39, 0.29) is 17.9 Å². The van der Waals surface area contributed by atoms with E-state index >= 15 is 0 Å². The van der Waals surface area contributed by atoms with Crippen molar-refractivity contribution in [2.75, 3.05) is 11.9 Å². The van der Waals surface area contributed by atoms with Crippen LogP contribution < -0.4 is 10.2 Å². The van der Waals surface area contributed by atoms with E-state index in [2.05, 4.69) is 5.32 Å². The van der Waals surface area contributed by atoms with E-state index in [1.165, 1.54) is 0 Å². The van der Waals surface area contributed by atoms with Gasteiger partial charge in [0, 0.05) is 19.2 Å². The summed E-state index contributed by atoms with van der Waals surface area (Å²) in [7, 11) is 1.75. The largest absolute Gasteiger partial charge is 0.344 e. The lowest BCUT2D eigenvalue weighted by Gasteiger charge is -2.23. The zero-order valence-electron chi connectivity index (χ0n) is 11.5. The Morgan fingerprint density at radius 2 is 1.95 bits per heavy atom. The molecule has 0 unspecified atom stereocenters. The molecular weight excluding hydrogens is 240 g/mol. The van der Waals surface area contributed by atoms with Crippen LogP contribution in [0.2, 0.25) is 0 Å². The number of anilines is 1. The van der Waals surface area contributed by atoms with E-state index in [4.69, 9.17) is 0 Å². The highest BCUT2D eigenvalue weighted by molar-refractivity contribution is 5.98. The number of hydrogen-bond acceptors (Lipinski definition) is 2. The molecule has 4 heteroatoms. The fourth-order valence-corrected chi connectivity index (χ4v) is 2.29. The number of carbonyl (C=O) groups excluding carboxylic acids is 2. The molecule has 1 aromatic carbocycles. The molecule has 1 aliphatic heterocycles. The van der Waals surface area contributed by atoms with E-state index in [9.17, 15) is 9.59 Å². The quantitative estimate of drug-likeness (QED) is 0.884. The van der Waals surface area contributed by atoms with Crippen LogP contribution in [0.4, 0.5) is 5.69 Å². The van der Waals surface area contributed by atoms with E-state index in [1.807, 2.05) is 31.2 Å². The average Bonchev–Trinajstić information content (AvgIpc) is 2.62. The Balaban J connectivity index is 2.09. The first-order chi connectivity index (χ1) is 9.08. The Bertz CT molecular complexity index is 468. The normalized spacial score (nSPS) is 19.5. The highest BCUT2D eigenvalue weighted by Gasteiger charge is 2.26. The van der Waals surface area contributed by atoms with Crippen molar-refractivity contribution in [3.63, 3.8) is 0 Å². The minimum absolute atomic E-state index is 0.0202. The number of amides is 2. The molecule has 4 nitrogen and oxygen atoms in total. The molecule has 19 heavy (non-hydrogen) atoms. The molecule has 2 rings (SSSR count). The van der Waals surface area contributed by atoms with Gasteiger partial charge in [0.15, 0.2) is 0 Å². The summed E-state index contributed by atoms with van der Waals surface area (Å²) in [5.74, 6) is -0.0627. The second kappa shape index (κ2) is 5.87.